The van der Waals surface area contributed by atoms with Crippen LogP contribution in [0, 0.1) is 13.8 Å². The molecule has 2 aromatic carbocycles. The maximum Gasteiger partial charge on any atom is 0.228 e. The van der Waals surface area contributed by atoms with Crippen molar-refractivity contribution in [2.45, 2.75) is 20.3 Å². The zero-order chi connectivity index (χ0) is 14.7. The van der Waals surface area contributed by atoms with Gasteiger partial charge in [-0.1, -0.05) is 29.8 Å². The number of hydrogen-bond acceptors (Lipinski definition) is 1. The SMILES string of the molecule is Cc1ccc(CC(=O)Nc2cc(Cl)ccc2Br)cc1C. The quantitative estimate of drug-likeness (QED) is 0.836. The summed E-state index contributed by atoms with van der Waals surface area (Å²) in [5.41, 5.74) is 4.11. The van der Waals surface area contributed by atoms with Gasteiger partial charge < -0.3 is 5.32 Å². The lowest BCUT2D eigenvalue weighted by atomic mass is 10.0. The van der Waals surface area contributed by atoms with Gasteiger partial charge in [-0.05, 0) is 64.7 Å². The van der Waals surface area contributed by atoms with Crippen LogP contribution >= 0.6 is 27.5 Å². The highest BCUT2D eigenvalue weighted by atomic mass is 79.9. The molecule has 0 aliphatic heterocycles. The van der Waals surface area contributed by atoms with Crippen LogP contribution in [0.5, 0.6) is 0 Å². The molecule has 0 saturated carbocycles. The Labute approximate surface area is 132 Å². The van der Waals surface area contributed by atoms with Gasteiger partial charge in [0, 0.05) is 9.50 Å². The molecule has 0 fully saturated rings. The number of carbonyl (C=O) groups is 1. The molecule has 1 N–H and O–H groups in total. The third-order valence-corrected chi connectivity index (χ3v) is 4.07. The number of halogens is 2. The van der Waals surface area contributed by atoms with E-state index in [1.165, 1.54) is 11.1 Å². The van der Waals surface area contributed by atoms with E-state index in [9.17, 15) is 4.79 Å². The summed E-state index contributed by atoms with van der Waals surface area (Å²) < 4.78 is 0.815. The molecular formula is C16H15BrClNO. The van der Waals surface area contributed by atoms with Crippen LogP contribution in [0.2, 0.25) is 5.02 Å². The van der Waals surface area contributed by atoms with Gasteiger partial charge >= 0.3 is 0 Å². The van der Waals surface area contributed by atoms with E-state index in [2.05, 4.69) is 28.2 Å². The summed E-state index contributed by atoms with van der Waals surface area (Å²) in [5, 5.41) is 3.46. The van der Waals surface area contributed by atoms with E-state index in [-0.39, 0.29) is 5.91 Å². The molecule has 2 nitrogen and oxygen atoms in total. The Bertz CT molecular complexity index is 655. The molecule has 0 heterocycles. The number of hydrogen-bond donors (Lipinski definition) is 1. The maximum atomic E-state index is 12.1. The van der Waals surface area contributed by atoms with Gasteiger partial charge in [-0.25, -0.2) is 0 Å². The minimum absolute atomic E-state index is 0.0591. The summed E-state index contributed by atoms with van der Waals surface area (Å²) in [4.78, 5) is 12.1. The molecule has 0 aliphatic rings. The summed E-state index contributed by atoms with van der Waals surface area (Å²) in [6, 6.07) is 11.4. The van der Waals surface area contributed by atoms with Gasteiger partial charge in [-0.2, -0.15) is 0 Å². The lowest BCUT2D eigenvalue weighted by Gasteiger charge is -2.09. The predicted octanol–water partition coefficient (Wildman–Crippen LogP) is 4.90. The molecule has 0 aliphatic carbocycles. The Morgan fingerprint density at radius 3 is 2.60 bits per heavy atom. The van der Waals surface area contributed by atoms with E-state index in [0.29, 0.717) is 17.1 Å². The first-order valence-electron chi connectivity index (χ1n) is 6.27. The minimum atomic E-state index is -0.0591. The van der Waals surface area contributed by atoms with Gasteiger partial charge in [0.05, 0.1) is 12.1 Å². The second-order valence-corrected chi connectivity index (χ2v) is 6.06. The number of rotatable bonds is 3. The molecule has 0 atom stereocenters. The largest absolute Gasteiger partial charge is 0.325 e. The fraction of sp³-hybridized carbons (Fsp3) is 0.188. The number of aryl methyl sites for hydroxylation is 2. The first-order valence-corrected chi connectivity index (χ1v) is 7.44. The molecule has 104 valence electrons. The smallest absolute Gasteiger partial charge is 0.228 e. The second-order valence-electron chi connectivity index (χ2n) is 4.77. The van der Waals surface area contributed by atoms with E-state index in [0.717, 1.165) is 10.0 Å². The first-order chi connectivity index (χ1) is 9.45. The molecule has 0 aromatic heterocycles. The lowest BCUT2D eigenvalue weighted by Crippen LogP contribution is -2.14. The summed E-state index contributed by atoms with van der Waals surface area (Å²) in [5.74, 6) is -0.0591. The van der Waals surface area contributed by atoms with Crippen molar-refractivity contribution in [1.29, 1.82) is 0 Å². The van der Waals surface area contributed by atoms with Crippen LogP contribution in [-0.2, 0) is 11.2 Å². The van der Waals surface area contributed by atoms with Crippen LogP contribution in [0.4, 0.5) is 5.69 Å². The van der Waals surface area contributed by atoms with Crippen LogP contribution in [0.1, 0.15) is 16.7 Å². The number of carbonyl (C=O) groups excluding carboxylic acids is 1. The standard InChI is InChI=1S/C16H15BrClNO/c1-10-3-4-12(7-11(10)2)8-16(20)19-15-9-13(18)5-6-14(15)17/h3-7,9H,8H2,1-2H3,(H,19,20). The van der Waals surface area contributed by atoms with Crippen LogP contribution < -0.4 is 5.32 Å². The Kier molecular flexibility index (Phi) is 4.84. The topological polar surface area (TPSA) is 29.1 Å². The van der Waals surface area contributed by atoms with E-state index in [4.69, 9.17) is 11.6 Å². The van der Waals surface area contributed by atoms with Gasteiger partial charge in [-0.3, -0.25) is 4.79 Å². The summed E-state index contributed by atoms with van der Waals surface area (Å²) in [6.45, 7) is 4.10. The van der Waals surface area contributed by atoms with E-state index in [1.807, 2.05) is 31.2 Å². The fourth-order valence-electron chi connectivity index (χ4n) is 1.89. The normalized spacial score (nSPS) is 10.4. The van der Waals surface area contributed by atoms with Crippen molar-refractivity contribution >= 4 is 39.1 Å². The highest BCUT2D eigenvalue weighted by molar-refractivity contribution is 9.10. The zero-order valence-electron chi connectivity index (χ0n) is 11.3. The molecule has 1 amide bonds. The molecule has 0 bridgehead atoms. The van der Waals surface area contributed by atoms with Crippen molar-refractivity contribution in [3.63, 3.8) is 0 Å². The third kappa shape index (κ3) is 3.84. The number of amides is 1. The van der Waals surface area contributed by atoms with Crippen molar-refractivity contribution in [1.82, 2.24) is 0 Å². The molecule has 0 radical (unpaired) electrons. The van der Waals surface area contributed by atoms with Gasteiger partial charge in [0.2, 0.25) is 5.91 Å². The highest BCUT2D eigenvalue weighted by Crippen LogP contribution is 2.26. The number of benzene rings is 2. The molecule has 0 saturated heterocycles. The Hall–Kier alpha value is -1.32. The van der Waals surface area contributed by atoms with E-state index < -0.39 is 0 Å². The molecule has 2 aromatic rings. The monoisotopic (exact) mass is 351 g/mol. The molecule has 4 heteroatoms. The molecule has 0 unspecified atom stereocenters. The van der Waals surface area contributed by atoms with Crippen molar-refractivity contribution < 1.29 is 4.79 Å². The molecule has 0 spiro atoms. The second kappa shape index (κ2) is 6.42. The van der Waals surface area contributed by atoms with Crippen LogP contribution in [-0.4, -0.2) is 5.91 Å². The minimum Gasteiger partial charge on any atom is -0.325 e. The van der Waals surface area contributed by atoms with E-state index >= 15 is 0 Å². The highest BCUT2D eigenvalue weighted by Gasteiger charge is 2.08. The van der Waals surface area contributed by atoms with Crippen molar-refractivity contribution in [2.75, 3.05) is 5.32 Å². The van der Waals surface area contributed by atoms with Crippen LogP contribution in [0.15, 0.2) is 40.9 Å². The van der Waals surface area contributed by atoms with Crippen molar-refractivity contribution in [2.24, 2.45) is 0 Å². The van der Waals surface area contributed by atoms with Gasteiger partial charge in [0.25, 0.3) is 0 Å². The van der Waals surface area contributed by atoms with Gasteiger partial charge in [-0.15, -0.1) is 0 Å². The fourth-order valence-corrected chi connectivity index (χ4v) is 2.40. The molecule has 2 rings (SSSR count). The molecular weight excluding hydrogens is 338 g/mol. The van der Waals surface area contributed by atoms with Gasteiger partial charge in [0.1, 0.15) is 0 Å². The summed E-state index contributed by atoms with van der Waals surface area (Å²) >= 11 is 9.32. The van der Waals surface area contributed by atoms with Crippen molar-refractivity contribution in [3.8, 4) is 0 Å². The number of anilines is 1. The summed E-state index contributed by atoms with van der Waals surface area (Å²) in [6.07, 6.45) is 0.347. The number of nitrogens with one attached hydrogen (secondary N) is 1. The van der Waals surface area contributed by atoms with E-state index in [1.54, 1.807) is 12.1 Å². The Balaban J connectivity index is 2.09. The third-order valence-electron chi connectivity index (χ3n) is 3.14. The Morgan fingerprint density at radius 2 is 1.90 bits per heavy atom. The first kappa shape index (κ1) is 15.1. The average molecular weight is 353 g/mol. The van der Waals surface area contributed by atoms with Crippen molar-refractivity contribution in [3.05, 3.63) is 62.6 Å². The zero-order valence-corrected chi connectivity index (χ0v) is 13.7. The maximum absolute atomic E-state index is 12.1. The Morgan fingerprint density at radius 1 is 1.15 bits per heavy atom. The van der Waals surface area contributed by atoms with Gasteiger partial charge in [0.15, 0.2) is 0 Å². The van der Waals surface area contributed by atoms with Crippen LogP contribution in [0.25, 0.3) is 0 Å². The molecule has 20 heavy (non-hydrogen) atoms. The average Bonchev–Trinajstić information content (AvgIpc) is 2.38. The summed E-state index contributed by atoms with van der Waals surface area (Å²) in [7, 11) is 0. The van der Waals surface area contributed by atoms with Crippen LogP contribution in [0.3, 0.4) is 0 Å². The lowest BCUT2D eigenvalue weighted by molar-refractivity contribution is -0.115. The predicted molar refractivity (Wildman–Crippen MR) is 87.4 cm³/mol.